The average Bonchev–Trinajstić information content (AvgIpc) is 2.47. The first kappa shape index (κ1) is 15.1. The second kappa shape index (κ2) is 6.92. The van der Waals surface area contributed by atoms with E-state index in [-0.39, 0.29) is 0 Å². The largest absolute Gasteiger partial charge is 0.308 e. The summed E-state index contributed by atoms with van der Waals surface area (Å²) in [4.78, 5) is 10.2. The number of benzene rings is 1. The number of nitrogens with two attached hydrogens (primary N) is 1. The smallest absolute Gasteiger partial charge is 0.146 e. The number of aromatic nitrogens is 2. The van der Waals surface area contributed by atoms with Gasteiger partial charge in [0, 0.05) is 21.2 Å². The van der Waals surface area contributed by atoms with Gasteiger partial charge in [0.1, 0.15) is 11.6 Å². The van der Waals surface area contributed by atoms with Crippen molar-refractivity contribution in [2.45, 2.75) is 30.9 Å². The summed E-state index contributed by atoms with van der Waals surface area (Å²) >= 11 is 7.54. The predicted octanol–water partition coefficient (Wildman–Crippen LogP) is 3.58. The number of nitrogens with one attached hydrogen (secondary N) is 1. The molecule has 3 N–H and O–H groups in total. The van der Waals surface area contributed by atoms with E-state index < -0.39 is 0 Å². The standard InChI is InChI=1S/C14H17ClN4S/c1-3-12-9(2)14(19-16)18-13(17-12)8-20-11-6-4-10(15)5-7-11/h4-7H,3,8,16H2,1-2H3,(H,17,18,19). The van der Waals surface area contributed by atoms with Crippen LogP contribution in [0.3, 0.4) is 0 Å². The molecule has 0 radical (unpaired) electrons. The van der Waals surface area contributed by atoms with Gasteiger partial charge in [0.2, 0.25) is 0 Å². The second-order valence-corrected chi connectivity index (χ2v) is 5.79. The Balaban J connectivity index is 2.14. The van der Waals surface area contributed by atoms with Crippen molar-refractivity contribution in [3.8, 4) is 0 Å². The average molecular weight is 309 g/mol. The highest BCUT2D eigenvalue weighted by Crippen LogP contribution is 2.24. The molecule has 20 heavy (non-hydrogen) atoms. The van der Waals surface area contributed by atoms with Crippen molar-refractivity contribution in [3.63, 3.8) is 0 Å². The van der Waals surface area contributed by atoms with E-state index in [1.54, 1.807) is 11.8 Å². The van der Waals surface area contributed by atoms with Crippen molar-refractivity contribution in [1.82, 2.24) is 9.97 Å². The number of hydrogen-bond acceptors (Lipinski definition) is 5. The molecule has 1 aromatic heterocycles. The maximum atomic E-state index is 5.87. The van der Waals surface area contributed by atoms with Gasteiger partial charge in [-0.25, -0.2) is 15.8 Å². The Morgan fingerprint density at radius 2 is 1.95 bits per heavy atom. The molecule has 0 saturated carbocycles. The van der Waals surface area contributed by atoms with Crippen molar-refractivity contribution in [1.29, 1.82) is 0 Å². The molecule has 106 valence electrons. The summed E-state index contributed by atoms with van der Waals surface area (Å²) in [5, 5.41) is 0.740. The number of nitrogen functional groups attached to an aromatic ring is 1. The van der Waals surface area contributed by atoms with Crippen LogP contribution in [0.25, 0.3) is 0 Å². The minimum Gasteiger partial charge on any atom is -0.308 e. The first-order valence-electron chi connectivity index (χ1n) is 6.35. The molecule has 0 unspecified atom stereocenters. The van der Waals surface area contributed by atoms with E-state index in [2.05, 4.69) is 22.3 Å². The zero-order chi connectivity index (χ0) is 14.5. The van der Waals surface area contributed by atoms with E-state index in [0.29, 0.717) is 11.6 Å². The molecular formula is C14H17ClN4S. The van der Waals surface area contributed by atoms with Gasteiger partial charge in [-0.05, 0) is 37.6 Å². The fourth-order valence-electron chi connectivity index (χ4n) is 1.84. The van der Waals surface area contributed by atoms with Crippen LogP contribution in [0.4, 0.5) is 5.82 Å². The van der Waals surface area contributed by atoms with Gasteiger partial charge in [-0.15, -0.1) is 11.8 Å². The van der Waals surface area contributed by atoms with Crippen molar-refractivity contribution < 1.29 is 0 Å². The SMILES string of the molecule is CCc1nc(CSc2ccc(Cl)cc2)nc(NN)c1C. The van der Waals surface area contributed by atoms with Gasteiger partial charge >= 0.3 is 0 Å². The molecule has 1 aromatic carbocycles. The number of halogens is 1. The Labute approximate surface area is 128 Å². The van der Waals surface area contributed by atoms with Crippen molar-refractivity contribution in [3.05, 3.63) is 46.4 Å². The van der Waals surface area contributed by atoms with E-state index in [9.17, 15) is 0 Å². The quantitative estimate of drug-likeness (QED) is 0.502. The van der Waals surface area contributed by atoms with E-state index >= 15 is 0 Å². The van der Waals surface area contributed by atoms with E-state index in [0.717, 1.165) is 33.4 Å². The summed E-state index contributed by atoms with van der Waals surface area (Å²) < 4.78 is 0. The summed E-state index contributed by atoms with van der Waals surface area (Å²) in [6.07, 6.45) is 0.863. The van der Waals surface area contributed by atoms with Gasteiger partial charge in [-0.1, -0.05) is 18.5 Å². The molecule has 0 bridgehead atoms. The van der Waals surface area contributed by atoms with Gasteiger partial charge in [0.15, 0.2) is 0 Å². The Morgan fingerprint density at radius 3 is 2.55 bits per heavy atom. The third-order valence-corrected chi connectivity index (χ3v) is 4.21. The monoisotopic (exact) mass is 308 g/mol. The molecule has 2 rings (SSSR count). The van der Waals surface area contributed by atoms with Crippen LogP contribution in [0.2, 0.25) is 5.02 Å². The number of thioether (sulfide) groups is 1. The molecule has 0 aliphatic carbocycles. The Kier molecular flexibility index (Phi) is 5.23. The molecule has 0 spiro atoms. The maximum absolute atomic E-state index is 5.87. The van der Waals surface area contributed by atoms with Crippen LogP contribution in [0, 0.1) is 6.92 Å². The van der Waals surface area contributed by atoms with E-state index in [1.165, 1.54) is 0 Å². The molecule has 1 heterocycles. The summed E-state index contributed by atoms with van der Waals surface area (Å²) in [5.41, 5.74) is 4.68. The fraction of sp³-hybridized carbons (Fsp3) is 0.286. The minimum absolute atomic E-state index is 0.698. The van der Waals surface area contributed by atoms with Crippen molar-refractivity contribution >= 4 is 29.2 Å². The molecule has 0 aliphatic heterocycles. The lowest BCUT2D eigenvalue weighted by Crippen LogP contribution is -2.14. The molecule has 4 nitrogen and oxygen atoms in total. The molecule has 0 aliphatic rings. The number of rotatable bonds is 5. The van der Waals surface area contributed by atoms with Gasteiger partial charge in [-0.2, -0.15) is 0 Å². The zero-order valence-electron chi connectivity index (χ0n) is 11.5. The molecule has 2 aromatic rings. The first-order valence-corrected chi connectivity index (χ1v) is 7.71. The number of aryl methyl sites for hydroxylation is 1. The van der Waals surface area contributed by atoms with Crippen LogP contribution >= 0.6 is 23.4 Å². The number of nitrogens with zero attached hydrogens (tertiary/aromatic N) is 2. The lowest BCUT2D eigenvalue weighted by Gasteiger charge is -2.10. The van der Waals surface area contributed by atoms with Crippen LogP contribution in [0.15, 0.2) is 29.2 Å². The fourth-order valence-corrected chi connectivity index (χ4v) is 2.72. The summed E-state index contributed by atoms with van der Waals surface area (Å²) in [6, 6.07) is 7.74. The molecule has 6 heteroatoms. The third kappa shape index (κ3) is 3.62. The summed E-state index contributed by atoms with van der Waals surface area (Å²) in [7, 11) is 0. The molecule has 0 amide bonds. The highest BCUT2D eigenvalue weighted by atomic mass is 35.5. The molecule has 0 saturated heterocycles. The predicted molar refractivity (Wildman–Crippen MR) is 85.0 cm³/mol. The van der Waals surface area contributed by atoms with E-state index in [1.807, 2.05) is 31.2 Å². The zero-order valence-corrected chi connectivity index (χ0v) is 13.1. The van der Waals surface area contributed by atoms with Crippen molar-refractivity contribution in [2.24, 2.45) is 5.84 Å². The number of hydrazine groups is 1. The van der Waals surface area contributed by atoms with Gasteiger partial charge in [-0.3, -0.25) is 0 Å². The normalized spacial score (nSPS) is 10.6. The topological polar surface area (TPSA) is 63.8 Å². The van der Waals surface area contributed by atoms with Gasteiger partial charge in [0.25, 0.3) is 0 Å². The second-order valence-electron chi connectivity index (χ2n) is 4.30. The Bertz CT molecular complexity index is 561. The minimum atomic E-state index is 0.698. The Hall–Kier alpha value is -1.30. The van der Waals surface area contributed by atoms with Crippen LogP contribution in [-0.4, -0.2) is 9.97 Å². The van der Waals surface area contributed by atoms with E-state index in [4.69, 9.17) is 17.4 Å². The number of hydrogen-bond donors (Lipinski definition) is 2. The van der Waals surface area contributed by atoms with Gasteiger partial charge < -0.3 is 5.43 Å². The van der Waals surface area contributed by atoms with Crippen LogP contribution in [0.5, 0.6) is 0 Å². The summed E-state index contributed by atoms with van der Waals surface area (Å²) in [6.45, 7) is 4.05. The number of anilines is 1. The van der Waals surface area contributed by atoms with Crippen molar-refractivity contribution in [2.75, 3.05) is 5.43 Å². The molecular weight excluding hydrogens is 292 g/mol. The van der Waals surface area contributed by atoms with Crippen LogP contribution in [0.1, 0.15) is 24.0 Å². The lowest BCUT2D eigenvalue weighted by atomic mass is 10.2. The molecule has 0 fully saturated rings. The Morgan fingerprint density at radius 1 is 1.25 bits per heavy atom. The van der Waals surface area contributed by atoms with Gasteiger partial charge in [0.05, 0.1) is 5.75 Å². The lowest BCUT2D eigenvalue weighted by molar-refractivity contribution is 0.916. The third-order valence-electron chi connectivity index (χ3n) is 2.95. The summed E-state index contributed by atoms with van der Waals surface area (Å²) in [5.74, 6) is 7.68. The van der Waals surface area contributed by atoms with Crippen LogP contribution < -0.4 is 11.3 Å². The maximum Gasteiger partial charge on any atom is 0.146 e. The van der Waals surface area contributed by atoms with Crippen LogP contribution in [-0.2, 0) is 12.2 Å². The highest BCUT2D eigenvalue weighted by Gasteiger charge is 2.09. The molecule has 0 atom stereocenters. The first-order chi connectivity index (χ1) is 9.63. The highest BCUT2D eigenvalue weighted by molar-refractivity contribution is 7.98.